The lowest BCUT2D eigenvalue weighted by Crippen LogP contribution is -1.84. The lowest BCUT2D eigenvalue weighted by Gasteiger charge is -2.04. The highest BCUT2D eigenvalue weighted by molar-refractivity contribution is 7.98. The molecule has 0 aliphatic carbocycles. The molecule has 0 amide bonds. The van der Waals surface area contributed by atoms with Crippen LogP contribution >= 0.6 is 11.8 Å². The van der Waals surface area contributed by atoms with Gasteiger partial charge in [0.05, 0.1) is 5.56 Å². The molecule has 0 saturated heterocycles. The number of rotatable bonds is 3. The van der Waals surface area contributed by atoms with E-state index in [9.17, 15) is 0 Å². The number of hydrogen-bond acceptors (Lipinski definition) is 2. The van der Waals surface area contributed by atoms with Crippen LogP contribution in [0.5, 0.6) is 0 Å². The molecule has 0 fully saturated rings. The first kappa shape index (κ1) is 11.8. The quantitative estimate of drug-likeness (QED) is 0.751. The maximum absolute atomic E-state index is 9.00. The van der Waals surface area contributed by atoms with Gasteiger partial charge in [-0.2, -0.15) is 5.26 Å². The number of nitrogens with zero attached hydrogens (tertiary/aromatic N) is 1. The molecular formula is C15H13NS. The normalized spacial score (nSPS) is 9.88. The van der Waals surface area contributed by atoms with Crippen LogP contribution in [0.4, 0.5) is 0 Å². The third-order valence-corrected chi connectivity index (χ3v) is 3.63. The van der Waals surface area contributed by atoms with Crippen LogP contribution in [0.3, 0.4) is 0 Å². The fourth-order valence-electron chi connectivity index (χ4n) is 1.65. The van der Waals surface area contributed by atoms with Crippen LogP contribution < -0.4 is 0 Å². The molecule has 17 heavy (non-hydrogen) atoms. The van der Waals surface area contributed by atoms with Crippen LogP contribution in [0.15, 0.2) is 53.4 Å². The van der Waals surface area contributed by atoms with E-state index in [2.05, 4.69) is 37.3 Å². The van der Waals surface area contributed by atoms with Gasteiger partial charge in [0.15, 0.2) is 0 Å². The van der Waals surface area contributed by atoms with Gasteiger partial charge in [-0.1, -0.05) is 42.0 Å². The number of hydrogen-bond donors (Lipinski definition) is 0. The Labute approximate surface area is 106 Å². The number of benzene rings is 2. The molecule has 2 heteroatoms. The summed E-state index contributed by atoms with van der Waals surface area (Å²) >= 11 is 1.71. The van der Waals surface area contributed by atoms with Crippen LogP contribution in [0.2, 0.25) is 0 Å². The van der Waals surface area contributed by atoms with Gasteiger partial charge in [-0.05, 0) is 24.6 Å². The molecule has 1 nitrogen and oxygen atoms in total. The molecule has 2 rings (SSSR count). The van der Waals surface area contributed by atoms with Gasteiger partial charge >= 0.3 is 0 Å². The highest BCUT2D eigenvalue weighted by Crippen LogP contribution is 2.25. The Hall–Kier alpha value is -1.72. The molecular weight excluding hydrogens is 226 g/mol. The van der Waals surface area contributed by atoms with E-state index in [4.69, 9.17) is 5.26 Å². The zero-order chi connectivity index (χ0) is 12.1. The molecule has 84 valence electrons. The zero-order valence-electron chi connectivity index (χ0n) is 9.68. The van der Waals surface area contributed by atoms with Crippen LogP contribution in [-0.4, -0.2) is 0 Å². The van der Waals surface area contributed by atoms with Gasteiger partial charge in [0, 0.05) is 10.6 Å². The summed E-state index contributed by atoms with van der Waals surface area (Å²) in [6, 6.07) is 18.4. The molecule has 0 aliphatic rings. The Kier molecular flexibility index (Phi) is 3.85. The van der Waals surface area contributed by atoms with E-state index in [0.717, 1.165) is 16.2 Å². The third kappa shape index (κ3) is 3.12. The summed E-state index contributed by atoms with van der Waals surface area (Å²) < 4.78 is 0. The van der Waals surface area contributed by atoms with E-state index in [1.807, 2.05) is 24.3 Å². The molecule has 0 spiro atoms. The van der Waals surface area contributed by atoms with Crippen molar-refractivity contribution in [1.29, 1.82) is 5.26 Å². The first-order valence-corrected chi connectivity index (χ1v) is 6.45. The minimum Gasteiger partial charge on any atom is -0.192 e. The summed E-state index contributed by atoms with van der Waals surface area (Å²) in [6.45, 7) is 2.09. The summed E-state index contributed by atoms with van der Waals surface area (Å²) in [6.07, 6.45) is 0. The lowest BCUT2D eigenvalue weighted by molar-refractivity contribution is 1.32. The monoisotopic (exact) mass is 239 g/mol. The summed E-state index contributed by atoms with van der Waals surface area (Å²) in [7, 11) is 0. The van der Waals surface area contributed by atoms with Crippen molar-refractivity contribution in [1.82, 2.24) is 0 Å². The van der Waals surface area contributed by atoms with Crippen molar-refractivity contribution in [3.8, 4) is 6.07 Å². The molecule has 2 aromatic rings. The summed E-state index contributed by atoms with van der Waals surface area (Å²) in [5.41, 5.74) is 3.32. The molecule has 0 atom stereocenters. The Bertz CT molecular complexity index is 555. The van der Waals surface area contributed by atoms with E-state index >= 15 is 0 Å². The average molecular weight is 239 g/mol. The topological polar surface area (TPSA) is 23.8 Å². The van der Waals surface area contributed by atoms with Gasteiger partial charge in [-0.25, -0.2) is 0 Å². The minimum atomic E-state index is 0.755. The average Bonchev–Trinajstić information content (AvgIpc) is 2.37. The standard InChI is InChI=1S/C15H13NS/c1-12-5-4-6-13(9-12)11-17-15-8-3-2-7-14(15)10-16/h2-9H,11H2,1H3. The second-order valence-electron chi connectivity index (χ2n) is 3.89. The van der Waals surface area contributed by atoms with E-state index in [1.165, 1.54) is 11.1 Å². The molecule has 2 aromatic carbocycles. The van der Waals surface area contributed by atoms with E-state index in [1.54, 1.807) is 11.8 Å². The van der Waals surface area contributed by atoms with Crippen LogP contribution in [0, 0.1) is 18.3 Å². The van der Waals surface area contributed by atoms with Gasteiger partial charge in [0.2, 0.25) is 0 Å². The maximum atomic E-state index is 9.00. The van der Waals surface area contributed by atoms with E-state index in [0.29, 0.717) is 0 Å². The molecule has 0 heterocycles. The van der Waals surface area contributed by atoms with Gasteiger partial charge < -0.3 is 0 Å². The number of nitriles is 1. The molecule has 0 saturated carbocycles. The Morgan fingerprint density at radius 2 is 1.94 bits per heavy atom. The maximum Gasteiger partial charge on any atom is 0.100 e. The van der Waals surface area contributed by atoms with Gasteiger partial charge in [0.1, 0.15) is 6.07 Å². The second kappa shape index (κ2) is 5.56. The van der Waals surface area contributed by atoms with Crippen molar-refractivity contribution in [2.24, 2.45) is 0 Å². The van der Waals surface area contributed by atoms with E-state index in [-0.39, 0.29) is 0 Å². The predicted molar refractivity (Wildman–Crippen MR) is 71.9 cm³/mol. The molecule has 0 aromatic heterocycles. The number of aryl methyl sites for hydroxylation is 1. The van der Waals surface area contributed by atoms with Gasteiger partial charge in [0.25, 0.3) is 0 Å². The van der Waals surface area contributed by atoms with Crippen molar-refractivity contribution < 1.29 is 0 Å². The van der Waals surface area contributed by atoms with Crippen LogP contribution in [0.1, 0.15) is 16.7 Å². The smallest absolute Gasteiger partial charge is 0.100 e. The molecule has 0 bridgehead atoms. The van der Waals surface area contributed by atoms with Crippen molar-refractivity contribution in [2.75, 3.05) is 0 Å². The fourth-order valence-corrected chi connectivity index (χ4v) is 2.59. The van der Waals surface area contributed by atoms with Crippen molar-refractivity contribution in [2.45, 2.75) is 17.6 Å². The first-order chi connectivity index (χ1) is 8.29. The SMILES string of the molecule is Cc1cccc(CSc2ccccc2C#N)c1. The highest BCUT2D eigenvalue weighted by Gasteiger charge is 2.01. The Balaban J connectivity index is 2.10. The van der Waals surface area contributed by atoms with Gasteiger partial charge in [-0.15, -0.1) is 11.8 Å². The second-order valence-corrected chi connectivity index (χ2v) is 4.90. The third-order valence-electron chi connectivity index (χ3n) is 2.48. The largest absolute Gasteiger partial charge is 0.192 e. The lowest BCUT2D eigenvalue weighted by atomic mass is 10.2. The summed E-state index contributed by atoms with van der Waals surface area (Å²) in [5, 5.41) is 9.00. The fraction of sp³-hybridized carbons (Fsp3) is 0.133. The van der Waals surface area contributed by atoms with Crippen LogP contribution in [0.25, 0.3) is 0 Å². The molecule has 0 radical (unpaired) electrons. The molecule has 0 unspecified atom stereocenters. The summed E-state index contributed by atoms with van der Waals surface area (Å²) in [4.78, 5) is 1.05. The minimum absolute atomic E-state index is 0.755. The molecule has 0 aliphatic heterocycles. The highest BCUT2D eigenvalue weighted by atomic mass is 32.2. The van der Waals surface area contributed by atoms with Gasteiger partial charge in [-0.3, -0.25) is 0 Å². The predicted octanol–water partition coefficient (Wildman–Crippen LogP) is 4.16. The molecule has 0 N–H and O–H groups in total. The van der Waals surface area contributed by atoms with Crippen molar-refractivity contribution >= 4 is 11.8 Å². The van der Waals surface area contributed by atoms with Crippen molar-refractivity contribution in [3.63, 3.8) is 0 Å². The zero-order valence-corrected chi connectivity index (χ0v) is 10.5. The first-order valence-electron chi connectivity index (χ1n) is 5.47. The van der Waals surface area contributed by atoms with Crippen LogP contribution in [-0.2, 0) is 5.75 Å². The van der Waals surface area contributed by atoms with E-state index < -0.39 is 0 Å². The Morgan fingerprint density at radius 1 is 1.12 bits per heavy atom. The van der Waals surface area contributed by atoms with Crippen molar-refractivity contribution in [3.05, 3.63) is 65.2 Å². The number of thioether (sulfide) groups is 1. The summed E-state index contributed by atoms with van der Waals surface area (Å²) in [5.74, 6) is 0.903. The Morgan fingerprint density at radius 3 is 2.71 bits per heavy atom.